The van der Waals surface area contributed by atoms with Crippen LogP contribution in [0.25, 0.3) is 21.9 Å². The lowest BCUT2D eigenvalue weighted by Crippen LogP contribution is -2.30. The first-order chi connectivity index (χ1) is 30.7. The van der Waals surface area contributed by atoms with E-state index in [0.29, 0.717) is 91.6 Å². The maximum absolute atomic E-state index is 13.0. The zero-order chi connectivity index (χ0) is 44.9. The summed E-state index contributed by atoms with van der Waals surface area (Å²) in [5, 5.41) is 4.81. The molecule has 0 fully saturated rings. The van der Waals surface area contributed by atoms with Gasteiger partial charge in [0.1, 0.15) is 18.1 Å². The van der Waals surface area contributed by atoms with Crippen LogP contribution in [0, 0.1) is 12.8 Å². The zero-order valence-corrected chi connectivity index (χ0v) is 38.0. The second-order valence-corrected chi connectivity index (χ2v) is 16.1. The number of carbonyl (C=O) groups is 3. The van der Waals surface area contributed by atoms with E-state index in [0.717, 1.165) is 71.2 Å². The summed E-state index contributed by atoms with van der Waals surface area (Å²) in [4.78, 5) is 42.1. The fourth-order valence-electron chi connectivity index (χ4n) is 6.93. The molecule has 0 bridgehead atoms. The lowest BCUT2D eigenvalue weighted by Gasteiger charge is -2.17. The van der Waals surface area contributed by atoms with Gasteiger partial charge in [-0.1, -0.05) is 68.4 Å². The summed E-state index contributed by atoms with van der Waals surface area (Å²) in [6.07, 6.45) is 6.02. The predicted octanol–water partition coefficient (Wildman–Crippen LogP) is 8.29. The fraction of sp³-hybridized carbons (Fsp3) is 0.529. The standard InChI is InChI=1S/C51H70N2O10/c1-39(2)20-22-57-23-24-58-25-26-59-27-28-60-29-30-61-31-32-62-33-34-63-50-18-17-47(48-10-6-7-11-49(48)50)43-15-13-42(14-16-43)44(36-41(4)54)37-46(55)38-53-51(56)12-8-5-9-45-35-40(3)19-21-52-45/h6-7,10-11,13-19,21,35,39,44H,5,8-9,12,20,22-34,36-38H2,1-4H3,(H,53,56)/t44-/m1/s1. The number of ketones is 2. The van der Waals surface area contributed by atoms with Crippen LogP contribution in [-0.4, -0.2) is 115 Å². The van der Waals surface area contributed by atoms with E-state index in [1.165, 1.54) is 5.56 Å². The third-order valence-corrected chi connectivity index (χ3v) is 10.3. The van der Waals surface area contributed by atoms with Crippen molar-refractivity contribution in [2.75, 3.05) is 92.4 Å². The molecule has 12 heteroatoms. The van der Waals surface area contributed by atoms with E-state index in [9.17, 15) is 14.4 Å². The van der Waals surface area contributed by atoms with Gasteiger partial charge >= 0.3 is 0 Å². The number of ether oxygens (including phenoxy) is 7. The van der Waals surface area contributed by atoms with Crippen molar-refractivity contribution in [2.45, 2.75) is 78.6 Å². The van der Waals surface area contributed by atoms with Gasteiger partial charge in [0.05, 0.1) is 79.2 Å². The van der Waals surface area contributed by atoms with Crippen molar-refractivity contribution in [3.8, 4) is 16.9 Å². The number of pyridine rings is 1. The summed E-state index contributed by atoms with van der Waals surface area (Å²) >= 11 is 0. The van der Waals surface area contributed by atoms with E-state index in [1.54, 1.807) is 13.1 Å². The number of Topliss-reactive ketones (excluding diaryl/α,β-unsaturated/α-hetero) is 2. The van der Waals surface area contributed by atoms with E-state index in [1.807, 2.05) is 61.5 Å². The SMILES string of the molecule is CC(=O)C[C@H](CC(=O)CNC(=O)CCCCc1cc(C)ccn1)c1ccc(-c2ccc(OCCOCCOCCOCCOCCOCCOCCC(C)C)c3ccccc23)cc1. The minimum atomic E-state index is -0.277. The summed E-state index contributed by atoms with van der Waals surface area (Å²) in [5.74, 6) is 0.910. The normalized spacial score (nSPS) is 11.9. The number of hydrogen-bond donors (Lipinski definition) is 1. The number of nitrogens with zero attached hydrogens (tertiary/aromatic N) is 1. The topological polar surface area (TPSA) is 141 Å². The molecule has 0 saturated heterocycles. The smallest absolute Gasteiger partial charge is 0.220 e. The lowest BCUT2D eigenvalue weighted by molar-refractivity contribution is -0.125. The zero-order valence-electron chi connectivity index (χ0n) is 38.0. The van der Waals surface area contributed by atoms with Crippen molar-refractivity contribution in [2.24, 2.45) is 5.92 Å². The van der Waals surface area contributed by atoms with E-state index < -0.39 is 0 Å². The van der Waals surface area contributed by atoms with Crippen LogP contribution in [0.1, 0.15) is 82.0 Å². The van der Waals surface area contributed by atoms with Crippen LogP contribution in [0.5, 0.6) is 5.75 Å². The number of amides is 1. The second kappa shape index (κ2) is 30.5. The molecule has 1 N–H and O–H groups in total. The number of unbranched alkanes of at least 4 members (excludes halogenated alkanes) is 1. The monoisotopic (exact) mass is 871 g/mol. The number of aryl methyl sites for hydroxylation is 2. The Morgan fingerprint density at radius 2 is 1.24 bits per heavy atom. The van der Waals surface area contributed by atoms with Crippen LogP contribution in [0.2, 0.25) is 0 Å². The molecule has 0 radical (unpaired) electrons. The van der Waals surface area contributed by atoms with Gasteiger partial charge in [-0.15, -0.1) is 0 Å². The molecular weight excluding hydrogens is 801 g/mol. The average molecular weight is 871 g/mol. The molecular formula is C51H70N2O10. The summed E-state index contributed by atoms with van der Waals surface area (Å²) < 4.78 is 39.6. The molecule has 0 unspecified atom stereocenters. The van der Waals surface area contributed by atoms with Crippen LogP contribution in [0.4, 0.5) is 0 Å². The Morgan fingerprint density at radius 3 is 1.83 bits per heavy atom. The van der Waals surface area contributed by atoms with Crippen molar-refractivity contribution < 1.29 is 47.5 Å². The van der Waals surface area contributed by atoms with E-state index in [4.69, 9.17) is 33.2 Å². The van der Waals surface area contributed by atoms with Crippen molar-refractivity contribution >= 4 is 28.2 Å². The number of hydrogen-bond acceptors (Lipinski definition) is 11. The largest absolute Gasteiger partial charge is 0.491 e. The molecule has 63 heavy (non-hydrogen) atoms. The number of carbonyl (C=O) groups excluding carboxylic acids is 3. The number of benzene rings is 3. The van der Waals surface area contributed by atoms with E-state index in [2.05, 4.69) is 42.3 Å². The third kappa shape index (κ3) is 21.1. The summed E-state index contributed by atoms with van der Waals surface area (Å²) in [6.45, 7) is 14.7. The molecule has 0 aliphatic carbocycles. The molecule has 0 saturated carbocycles. The van der Waals surface area contributed by atoms with Crippen LogP contribution in [-0.2, 0) is 49.2 Å². The van der Waals surface area contributed by atoms with Crippen molar-refractivity contribution in [3.63, 3.8) is 0 Å². The van der Waals surface area contributed by atoms with Crippen molar-refractivity contribution in [3.05, 3.63) is 95.8 Å². The van der Waals surface area contributed by atoms with Crippen LogP contribution >= 0.6 is 0 Å². The molecule has 1 heterocycles. The van der Waals surface area contributed by atoms with Gasteiger partial charge in [-0.05, 0) is 97.2 Å². The Morgan fingerprint density at radius 1 is 0.651 bits per heavy atom. The Hall–Kier alpha value is -4.56. The van der Waals surface area contributed by atoms with E-state index in [-0.39, 0.29) is 42.8 Å². The quantitative estimate of drug-likeness (QED) is 0.0447. The van der Waals surface area contributed by atoms with Crippen molar-refractivity contribution in [1.82, 2.24) is 10.3 Å². The molecule has 0 aliphatic rings. The van der Waals surface area contributed by atoms with Crippen LogP contribution in [0.3, 0.4) is 0 Å². The van der Waals surface area contributed by atoms with Crippen LogP contribution < -0.4 is 10.1 Å². The Bertz CT molecular complexity index is 1920. The third-order valence-electron chi connectivity index (χ3n) is 10.3. The first kappa shape index (κ1) is 51.1. The minimum Gasteiger partial charge on any atom is -0.491 e. The maximum atomic E-state index is 13.0. The minimum absolute atomic E-state index is 0.00979. The average Bonchev–Trinajstić information content (AvgIpc) is 3.27. The number of nitrogens with one attached hydrogen (secondary N) is 1. The molecule has 1 amide bonds. The molecule has 344 valence electrons. The highest BCUT2D eigenvalue weighted by Crippen LogP contribution is 2.35. The molecule has 1 atom stereocenters. The van der Waals surface area contributed by atoms with Crippen molar-refractivity contribution in [1.29, 1.82) is 0 Å². The molecule has 12 nitrogen and oxygen atoms in total. The highest BCUT2D eigenvalue weighted by molar-refractivity contribution is 6.00. The Kier molecular flexibility index (Phi) is 24.7. The van der Waals surface area contributed by atoms with Gasteiger partial charge in [-0.25, -0.2) is 0 Å². The summed E-state index contributed by atoms with van der Waals surface area (Å²) in [6, 6.07) is 24.2. The van der Waals surface area contributed by atoms with Crippen LogP contribution in [0.15, 0.2) is 79.0 Å². The first-order valence-electron chi connectivity index (χ1n) is 22.6. The van der Waals surface area contributed by atoms with Gasteiger partial charge in [-0.3, -0.25) is 14.6 Å². The van der Waals surface area contributed by atoms with E-state index >= 15 is 0 Å². The molecule has 0 spiro atoms. The molecule has 0 aliphatic heterocycles. The number of rotatable bonds is 35. The van der Waals surface area contributed by atoms with Gasteiger partial charge < -0.3 is 43.3 Å². The van der Waals surface area contributed by atoms with Gasteiger partial charge in [0.25, 0.3) is 0 Å². The van der Waals surface area contributed by atoms with Gasteiger partial charge in [0.15, 0.2) is 5.78 Å². The van der Waals surface area contributed by atoms with Gasteiger partial charge in [0.2, 0.25) is 5.91 Å². The highest BCUT2D eigenvalue weighted by Gasteiger charge is 2.19. The Balaban J connectivity index is 1.10. The predicted molar refractivity (Wildman–Crippen MR) is 246 cm³/mol. The second-order valence-electron chi connectivity index (χ2n) is 16.1. The fourth-order valence-corrected chi connectivity index (χ4v) is 6.93. The molecule has 3 aromatic carbocycles. The summed E-state index contributed by atoms with van der Waals surface area (Å²) in [5.41, 5.74) is 5.16. The molecule has 1 aromatic heterocycles. The number of aromatic nitrogens is 1. The Labute approximate surface area is 374 Å². The lowest BCUT2D eigenvalue weighted by atomic mass is 9.88. The molecule has 4 aromatic rings. The number of fused-ring (bicyclic) bond motifs is 1. The van der Waals surface area contributed by atoms with Gasteiger partial charge in [0, 0.05) is 43.1 Å². The highest BCUT2D eigenvalue weighted by atomic mass is 16.6. The first-order valence-corrected chi connectivity index (χ1v) is 22.6. The maximum Gasteiger partial charge on any atom is 0.220 e. The summed E-state index contributed by atoms with van der Waals surface area (Å²) in [7, 11) is 0. The van der Waals surface area contributed by atoms with Gasteiger partial charge in [-0.2, -0.15) is 0 Å². The molecule has 4 rings (SSSR count).